The summed E-state index contributed by atoms with van der Waals surface area (Å²) in [5.41, 5.74) is 1.17. The van der Waals surface area contributed by atoms with Crippen molar-refractivity contribution in [2.75, 3.05) is 13.2 Å². The molecular weight excluding hydrogens is 384 g/mol. The maximum absolute atomic E-state index is 11.0. The molecule has 0 saturated carbocycles. The Labute approximate surface area is 179 Å². The fourth-order valence-corrected chi connectivity index (χ4v) is 2.85. The van der Waals surface area contributed by atoms with Crippen LogP contribution in [0.25, 0.3) is 12.2 Å². The van der Waals surface area contributed by atoms with Gasteiger partial charge in [-0.05, 0) is 37.1 Å². The molecule has 0 heterocycles. The molecule has 0 aromatic heterocycles. The van der Waals surface area contributed by atoms with Crippen molar-refractivity contribution in [2.45, 2.75) is 65.2 Å². The van der Waals surface area contributed by atoms with E-state index in [-0.39, 0.29) is 0 Å². The first-order valence-electron chi connectivity index (χ1n) is 10.7. The van der Waals surface area contributed by atoms with Crippen LogP contribution in [0.2, 0.25) is 0 Å². The van der Waals surface area contributed by atoms with Crippen LogP contribution in [-0.2, 0) is 9.59 Å². The van der Waals surface area contributed by atoms with Crippen LogP contribution < -0.4 is 9.47 Å². The van der Waals surface area contributed by atoms with E-state index in [1.54, 1.807) is 12.1 Å². The van der Waals surface area contributed by atoms with Crippen molar-refractivity contribution in [1.82, 2.24) is 0 Å². The molecule has 2 N–H and O–H groups in total. The van der Waals surface area contributed by atoms with Crippen molar-refractivity contribution in [2.24, 2.45) is 0 Å². The van der Waals surface area contributed by atoms with Gasteiger partial charge in [-0.2, -0.15) is 0 Å². The number of hydrogen-bond acceptors (Lipinski definition) is 4. The third-order valence-corrected chi connectivity index (χ3v) is 4.46. The van der Waals surface area contributed by atoms with E-state index in [1.165, 1.54) is 12.2 Å². The SMILES string of the molecule is CCCCCCOc1cc(/C=C\C(=O)O)c(OCCCCCC)cc1/C=C\C(=O)O. The molecule has 6 heteroatoms. The first-order valence-corrected chi connectivity index (χ1v) is 10.7. The Bertz CT molecular complexity index is 659. The van der Waals surface area contributed by atoms with Gasteiger partial charge in [0.15, 0.2) is 0 Å². The Kier molecular flexibility index (Phi) is 12.7. The van der Waals surface area contributed by atoms with Gasteiger partial charge in [-0.1, -0.05) is 52.4 Å². The van der Waals surface area contributed by atoms with E-state index < -0.39 is 11.9 Å². The quantitative estimate of drug-likeness (QED) is 0.260. The lowest BCUT2D eigenvalue weighted by molar-refractivity contribution is -0.132. The van der Waals surface area contributed by atoms with Gasteiger partial charge in [-0.15, -0.1) is 0 Å². The Morgan fingerprint density at radius 2 is 1.13 bits per heavy atom. The van der Waals surface area contributed by atoms with Crippen molar-refractivity contribution in [3.63, 3.8) is 0 Å². The van der Waals surface area contributed by atoms with Crippen molar-refractivity contribution < 1.29 is 29.3 Å². The molecule has 0 spiro atoms. The molecule has 0 radical (unpaired) electrons. The molecule has 0 amide bonds. The Morgan fingerprint density at radius 1 is 0.733 bits per heavy atom. The Hall–Kier alpha value is -2.76. The minimum atomic E-state index is -1.05. The molecule has 1 aromatic carbocycles. The van der Waals surface area contributed by atoms with E-state index >= 15 is 0 Å². The molecule has 0 fully saturated rings. The molecule has 0 aliphatic heterocycles. The lowest BCUT2D eigenvalue weighted by Crippen LogP contribution is -2.03. The smallest absolute Gasteiger partial charge is 0.328 e. The van der Waals surface area contributed by atoms with Crippen LogP contribution in [-0.4, -0.2) is 35.4 Å². The normalized spacial score (nSPS) is 11.3. The summed E-state index contributed by atoms with van der Waals surface area (Å²) in [6.45, 7) is 5.29. The summed E-state index contributed by atoms with van der Waals surface area (Å²) >= 11 is 0. The number of unbranched alkanes of at least 4 members (excludes halogenated alkanes) is 6. The van der Waals surface area contributed by atoms with Gasteiger partial charge < -0.3 is 19.7 Å². The molecule has 0 bridgehead atoms. The second kappa shape index (κ2) is 15.1. The molecule has 0 atom stereocenters. The van der Waals surface area contributed by atoms with Crippen LogP contribution in [0.4, 0.5) is 0 Å². The number of aliphatic carboxylic acids is 2. The van der Waals surface area contributed by atoms with Crippen molar-refractivity contribution in [3.8, 4) is 11.5 Å². The van der Waals surface area contributed by atoms with E-state index in [2.05, 4.69) is 13.8 Å². The van der Waals surface area contributed by atoms with Gasteiger partial charge in [-0.3, -0.25) is 0 Å². The number of carboxylic acids is 2. The third-order valence-electron chi connectivity index (χ3n) is 4.46. The summed E-state index contributed by atoms with van der Waals surface area (Å²) in [6, 6.07) is 3.42. The van der Waals surface area contributed by atoms with Crippen LogP contribution in [0, 0.1) is 0 Å². The fraction of sp³-hybridized carbons (Fsp3) is 0.500. The Balaban J connectivity index is 3.10. The minimum Gasteiger partial charge on any atom is -0.493 e. The maximum Gasteiger partial charge on any atom is 0.328 e. The van der Waals surface area contributed by atoms with E-state index in [1.807, 2.05) is 0 Å². The summed E-state index contributed by atoms with van der Waals surface area (Å²) in [4.78, 5) is 22.0. The van der Waals surface area contributed by atoms with Crippen LogP contribution in [0.1, 0.15) is 76.3 Å². The average molecular weight is 419 g/mol. The van der Waals surface area contributed by atoms with Gasteiger partial charge in [0.25, 0.3) is 0 Å². The molecule has 0 saturated heterocycles. The van der Waals surface area contributed by atoms with Crippen LogP contribution in [0.3, 0.4) is 0 Å². The number of hydrogen-bond donors (Lipinski definition) is 2. The standard InChI is InChI=1S/C24H34O6/c1-3-5-7-9-15-29-21-17-20(12-14-24(27)28)22(30-16-10-8-6-4-2)18-19(21)11-13-23(25)26/h11-14,17-18H,3-10,15-16H2,1-2H3,(H,25,26)(H,27,28)/b13-11-,14-12-. The molecule has 6 nitrogen and oxygen atoms in total. The molecule has 0 aliphatic carbocycles. The third kappa shape index (κ3) is 10.7. The second-order valence-electron chi connectivity index (χ2n) is 7.09. The molecule has 166 valence electrons. The monoisotopic (exact) mass is 418 g/mol. The zero-order valence-corrected chi connectivity index (χ0v) is 18.1. The van der Waals surface area contributed by atoms with Crippen LogP contribution in [0.5, 0.6) is 11.5 Å². The molecular formula is C24H34O6. The lowest BCUT2D eigenvalue weighted by Gasteiger charge is -2.15. The topological polar surface area (TPSA) is 93.1 Å². The first-order chi connectivity index (χ1) is 14.5. The maximum atomic E-state index is 11.0. The van der Waals surface area contributed by atoms with Crippen LogP contribution >= 0.6 is 0 Å². The summed E-state index contributed by atoms with van der Waals surface area (Å²) in [7, 11) is 0. The zero-order valence-electron chi connectivity index (χ0n) is 18.1. The van der Waals surface area contributed by atoms with Gasteiger partial charge in [0, 0.05) is 23.3 Å². The summed E-state index contributed by atoms with van der Waals surface area (Å²) in [5.74, 6) is -1.10. The number of benzene rings is 1. The molecule has 1 rings (SSSR count). The molecule has 30 heavy (non-hydrogen) atoms. The van der Waals surface area contributed by atoms with Gasteiger partial charge in [0.2, 0.25) is 0 Å². The zero-order chi connectivity index (χ0) is 22.2. The Morgan fingerprint density at radius 3 is 1.47 bits per heavy atom. The highest BCUT2D eigenvalue weighted by Crippen LogP contribution is 2.32. The highest BCUT2D eigenvalue weighted by atomic mass is 16.5. The van der Waals surface area contributed by atoms with E-state index in [9.17, 15) is 9.59 Å². The summed E-state index contributed by atoms with van der Waals surface area (Å²) in [6.07, 6.45) is 13.5. The minimum absolute atomic E-state index is 0.507. The van der Waals surface area contributed by atoms with Gasteiger partial charge in [0.1, 0.15) is 11.5 Å². The largest absolute Gasteiger partial charge is 0.493 e. The summed E-state index contributed by atoms with van der Waals surface area (Å²) < 4.78 is 11.8. The van der Waals surface area contributed by atoms with E-state index in [4.69, 9.17) is 19.7 Å². The number of carboxylic acid groups (broad SMARTS) is 2. The van der Waals surface area contributed by atoms with E-state index in [0.717, 1.165) is 63.5 Å². The highest BCUT2D eigenvalue weighted by molar-refractivity contribution is 5.88. The lowest BCUT2D eigenvalue weighted by atomic mass is 10.1. The van der Waals surface area contributed by atoms with Gasteiger partial charge in [-0.25, -0.2) is 9.59 Å². The number of ether oxygens (including phenoxy) is 2. The van der Waals surface area contributed by atoms with Crippen molar-refractivity contribution in [1.29, 1.82) is 0 Å². The number of carbonyl (C=O) groups is 2. The van der Waals surface area contributed by atoms with Gasteiger partial charge in [0.05, 0.1) is 13.2 Å². The van der Waals surface area contributed by atoms with E-state index in [0.29, 0.717) is 35.8 Å². The predicted molar refractivity (Wildman–Crippen MR) is 119 cm³/mol. The van der Waals surface area contributed by atoms with Gasteiger partial charge >= 0.3 is 11.9 Å². The molecule has 0 unspecified atom stereocenters. The van der Waals surface area contributed by atoms with Crippen molar-refractivity contribution >= 4 is 24.1 Å². The second-order valence-corrected chi connectivity index (χ2v) is 7.09. The highest BCUT2D eigenvalue weighted by Gasteiger charge is 2.11. The average Bonchev–Trinajstić information content (AvgIpc) is 2.71. The fourth-order valence-electron chi connectivity index (χ4n) is 2.85. The molecule has 1 aromatic rings. The van der Waals surface area contributed by atoms with Crippen molar-refractivity contribution in [3.05, 3.63) is 35.4 Å². The molecule has 0 aliphatic rings. The summed E-state index contributed by atoms with van der Waals surface area (Å²) in [5, 5.41) is 18.0. The van der Waals surface area contributed by atoms with Crippen LogP contribution in [0.15, 0.2) is 24.3 Å². The first kappa shape index (κ1) is 25.3. The predicted octanol–water partition coefficient (Wildman–Crippen LogP) is 5.80. The number of rotatable bonds is 16.